The Morgan fingerprint density at radius 2 is 1.78 bits per heavy atom. The van der Waals surface area contributed by atoms with Crippen LogP contribution >= 0.6 is 11.6 Å². The van der Waals surface area contributed by atoms with Crippen molar-refractivity contribution in [2.24, 2.45) is 10.7 Å². The molecule has 3 N–H and O–H groups in total. The fourth-order valence-electron chi connectivity index (χ4n) is 1.76. The van der Waals surface area contributed by atoms with Gasteiger partial charge in [-0.25, -0.2) is 4.99 Å². The van der Waals surface area contributed by atoms with Crippen LogP contribution in [0.2, 0.25) is 5.02 Å². The predicted molar refractivity (Wildman–Crippen MR) is 83.5 cm³/mol. The SMILES string of the molecule is NC(=NCc1ccccc1Cl)Nc1ccccc1OC(F)(F)F. The lowest BCUT2D eigenvalue weighted by atomic mass is 10.2. The number of ether oxygens (including phenoxy) is 1. The van der Waals surface area contributed by atoms with Crippen LogP contribution in [0.1, 0.15) is 5.56 Å². The molecule has 4 nitrogen and oxygen atoms in total. The van der Waals surface area contributed by atoms with Gasteiger partial charge < -0.3 is 15.8 Å². The number of guanidine groups is 1. The van der Waals surface area contributed by atoms with Crippen molar-refractivity contribution in [1.29, 1.82) is 0 Å². The second-order valence-corrected chi connectivity index (χ2v) is 4.87. The average Bonchev–Trinajstić information content (AvgIpc) is 2.47. The van der Waals surface area contributed by atoms with Crippen LogP contribution in [-0.4, -0.2) is 12.3 Å². The summed E-state index contributed by atoms with van der Waals surface area (Å²) in [5, 5.41) is 3.11. The maximum Gasteiger partial charge on any atom is 0.573 e. The minimum absolute atomic E-state index is 0.0526. The van der Waals surface area contributed by atoms with E-state index in [9.17, 15) is 13.2 Å². The van der Waals surface area contributed by atoms with Crippen LogP contribution in [-0.2, 0) is 6.54 Å². The third-order valence-electron chi connectivity index (χ3n) is 2.75. The molecule has 0 saturated carbocycles. The normalized spacial score (nSPS) is 12.1. The van der Waals surface area contributed by atoms with Crippen molar-refractivity contribution in [3.63, 3.8) is 0 Å². The van der Waals surface area contributed by atoms with Gasteiger partial charge in [0.05, 0.1) is 12.2 Å². The molecule has 0 amide bonds. The first-order valence-corrected chi connectivity index (χ1v) is 6.88. The fraction of sp³-hybridized carbons (Fsp3) is 0.133. The highest BCUT2D eigenvalue weighted by Gasteiger charge is 2.32. The van der Waals surface area contributed by atoms with Gasteiger partial charge in [0, 0.05) is 5.02 Å². The van der Waals surface area contributed by atoms with E-state index in [4.69, 9.17) is 17.3 Å². The van der Waals surface area contributed by atoms with Crippen molar-refractivity contribution in [2.75, 3.05) is 5.32 Å². The number of benzene rings is 2. The minimum atomic E-state index is -4.79. The van der Waals surface area contributed by atoms with Gasteiger partial charge in [-0.05, 0) is 23.8 Å². The number of aliphatic imine (C=N–C) groups is 1. The topological polar surface area (TPSA) is 59.6 Å². The van der Waals surface area contributed by atoms with E-state index in [0.29, 0.717) is 5.02 Å². The summed E-state index contributed by atoms with van der Waals surface area (Å²) in [5.74, 6) is -0.445. The van der Waals surface area contributed by atoms with E-state index in [-0.39, 0.29) is 18.2 Å². The second-order valence-electron chi connectivity index (χ2n) is 4.46. The van der Waals surface area contributed by atoms with Crippen molar-refractivity contribution >= 4 is 23.2 Å². The zero-order valence-corrected chi connectivity index (χ0v) is 12.5. The molecule has 122 valence electrons. The molecular weight excluding hydrogens is 331 g/mol. The van der Waals surface area contributed by atoms with E-state index < -0.39 is 12.1 Å². The van der Waals surface area contributed by atoms with Gasteiger partial charge in [-0.2, -0.15) is 0 Å². The van der Waals surface area contributed by atoms with Gasteiger partial charge in [-0.1, -0.05) is 41.9 Å². The number of anilines is 1. The lowest BCUT2D eigenvalue weighted by molar-refractivity contribution is -0.274. The Bertz CT molecular complexity index is 704. The number of alkyl halides is 3. The van der Waals surface area contributed by atoms with Crippen LogP contribution in [0.25, 0.3) is 0 Å². The molecule has 2 aromatic rings. The van der Waals surface area contributed by atoms with Gasteiger partial charge in [0.1, 0.15) is 0 Å². The molecule has 0 fully saturated rings. The molecule has 0 saturated heterocycles. The summed E-state index contributed by atoms with van der Waals surface area (Å²) in [4.78, 5) is 4.05. The van der Waals surface area contributed by atoms with E-state index in [0.717, 1.165) is 5.56 Å². The lowest BCUT2D eigenvalue weighted by Gasteiger charge is -2.14. The molecule has 0 bridgehead atoms. The number of para-hydroxylation sites is 2. The Morgan fingerprint density at radius 3 is 2.48 bits per heavy atom. The summed E-state index contributed by atoms with van der Waals surface area (Å²) < 4.78 is 41.0. The van der Waals surface area contributed by atoms with Crippen LogP contribution in [0.4, 0.5) is 18.9 Å². The van der Waals surface area contributed by atoms with Crippen molar-refractivity contribution in [1.82, 2.24) is 0 Å². The molecule has 0 unspecified atom stereocenters. The average molecular weight is 344 g/mol. The van der Waals surface area contributed by atoms with E-state index in [1.54, 1.807) is 30.3 Å². The third-order valence-corrected chi connectivity index (χ3v) is 3.12. The zero-order chi connectivity index (χ0) is 16.9. The Balaban J connectivity index is 2.10. The molecule has 8 heteroatoms. The minimum Gasteiger partial charge on any atom is -0.404 e. The summed E-state index contributed by atoms with van der Waals surface area (Å²) >= 11 is 5.99. The van der Waals surface area contributed by atoms with Crippen LogP contribution in [0.3, 0.4) is 0 Å². The largest absolute Gasteiger partial charge is 0.573 e. The third kappa shape index (κ3) is 5.37. The number of hydrogen-bond acceptors (Lipinski definition) is 2. The summed E-state index contributed by atoms with van der Waals surface area (Å²) in [6, 6.07) is 12.6. The Hall–Kier alpha value is -2.41. The first-order valence-electron chi connectivity index (χ1n) is 6.50. The van der Waals surface area contributed by atoms with Crippen LogP contribution in [0.15, 0.2) is 53.5 Å². The molecule has 2 aromatic carbocycles. The standard InChI is InChI=1S/C15H13ClF3N3O/c16-11-6-2-1-5-10(11)9-21-14(20)22-12-7-3-4-8-13(12)23-15(17,18)19/h1-8H,9H2,(H3,20,21,22). The molecule has 0 aliphatic rings. The number of nitrogens with zero attached hydrogens (tertiary/aromatic N) is 1. The molecule has 0 radical (unpaired) electrons. The Morgan fingerprint density at radius 1 is 1.13 bits per heavy atom. The van der Waals surface area contributed by atoms with E-state index in [1.807, 2.05) is 0 Å². The van der Waals surface area contributed by atoms with Crippen molar-refractivity contribution in [3.8, 4) is 5.75 Å². The van der Waals surface area contributed by atoms with E-state index in [1.165, 1.54) is 18.2 Å². The molecule has 23 heavy (non-hydrogen) atoms. The summed E-state index contributed by atoms with van der Waals surface area (Å²) in [7, 11) is 0. The van der Waals surface area contributed by atoms with Gasteiger partial charge in [-0.3, -0.25) is 0 Å². The highest BCUT2D eigenvalue weighted by atomic mass is 35.5. The predicted octanol–water partition coefficient (Wildman–Crippen LogP) is 4.17. The van der Waals surface area contributed by atoms with Crippen LogP contribution in [0.5, 0.6) is 5.75 Å². The lowest BCUT2D eigenvalue weighted by Crippen LogP contribution is -2.24. The summed E-state index contributed by atoms with van der Waals surface area (Å²) in [5.41, 5.74) is 6.50. The smallest absolute Gasteiger partial charge is 0.404 e. The van der Waals surface area contributed by atoms with E-state index in [2.05, 4.69) is 15.0 Å². The monoisotopic (exact) mass is 343 g/mol. The number of nitrogens with one attached hydrogen (secondary N) is 1. The number of hydrogen-bond donors (Lipinski definition) is 2. The van der Waals surface area contributed by atoms with Gasteiger partial charge in [0.15, 0.2) is 11.7 Å². The van der Waals surface area contributed by atoms with Crippen molar-refractivity contribution in [3.05, 3.63) is 59.1 Å². The van der Waals surface area contributed by atoms with Gasteiger partial charge >= 0.3 is 6.36 Å². The Labute approximate surface area is 135 Å². The first-order chi connectivity index (χ1) is 10.8. The highest BCUT2D eigenvalue weighted by Crippen LogP contribution is 2.29. The molecule has 2 rings (SSSR count). The molecular formula is C15H13ClF3N3O. The maximum absolute atomic E-state index is 12.3. The maximum atomic E-state index is 12.3. The van der Waals surface area contributed by atoms with Crippen LogP contribution < -0.4 is 15.8 Å². The second kappa shape index (κ2) is 7.23. The first kappa shape index (κ1) is 17.0. The van der Waals surface area contributed by atoms with E-state index >= 15 is 0 Å². The van der Waals surface area contributed by atoms with Gasteiger partial charge in [0.2, 0.25) is 0 Å². The van der Waals surface area contributed by atoms with Crippen molar-refractivity contribution in [2.45, 2.75) is 12.9 Å². The number of halogens is 4. The van der Waals surface area contributed by atoms with Crippen molar-refractivity contribution < 1.29 is 17.9 Å². The Kier molecular flexibility index (Phi) is 5.33. The molecule has 0 aliphatic heterocycles. The molecule has 0 atom stereocenters. The number of nitrogens with two attached hydrogens (primary N) is 1. The quantitative estimate of drug-likeness (QED) is 0.647. The fourth-order valence-corrected chi connectivity index (χ4v) is 1.95. The molecule has 0 heterocycles. The van der Waals surface area contributed by atoms with Gasteiger partial charge in [0.25, 0.3) is 0 Å². The number of rotatable bonds is 4. The van der Waals surface area contributed by atoms with Gasteiger partial charge in [-0.15, -0.1) is 13.2 Å². The van der Waals surface area contributed by atoms with Crippen LogP contribution in [0, 0.1) is 0 Å². The molecule has 0 aliphatic carbocycles. The molecule has 0 aromatic heterocycles. The summed E-state index contributed by atoms with van der Waals surface area (Å²) in [6.45, 7) is 0.195. The molecule has 0 spiro atoms. The zero-order valence-electron chi connectivity index (χ0n) is 11.8. The highest BCUT2D eigenvalue weighted by molar-refractivity contribution is 6.31. The summed E-state index contributed by atoms with van der Waals surface area (Å²) in [6.07, 6.45) is -4.79.